The monoisotopic (exact) mass is 469 g/mol. The van der Waals surface area contributed by atoms with Crippen molar-refractivity contribution in [1.82, 2.24) is 14.9 Å². The molecule has 1 atom stereocenters. The Morgan fingerprint density at radius 3 is 2.39 bits per heavy atom. The third-order valence-electron chi connectivity index (χ3n) is 6.92. The maximum absolute atomic E-state index is 12.8. The number of amides is 2. The second-order valence-electron chi connectivity index (χ2n) is 9.38. The number of rotatable bonds is 6. The van der Waals surface area contributed by atoms with E-state index in [0.717, 1.165) is 23.1 Å². The van der Waals surface area contributed by atoms with Gasteiger partial charge in [0.15, 0.2) is 14.6 Å². The van der Waals surface area contributed by atoms with E-state index >= 15 is 0 Å². The van der Waals surface area contributed by atoms with Crippen molar-refractivity contribution < 1.29 is 23.2 Å². The van der Waals surface area contributed by atoms with Crippen LogP contribution >= 0.6 is 0 Å². The minimum Gasteiger partial charge on any atom is -0.318 e. The fourth-order valence-electron chi connectivity index (χ4n) is 3.98. The molecule has 1 aliphatic carbocycles. The van der Waals surface area contributed by atoms with Crippen LogP contribution in [0.25, 0.3) is 0 Å². The van der Waals surface area contributed by atoms with Crippen LogP contribution in [0.3, 0.4) is 0 Å². The molecule has 2 amide bonds. The Morgan fingerprint density at radius 2 is 1.85 bits per heavy atom. The summed E-state index contributed by atoms with van der Waals surface area (Å²) < 4.78 is 23.9. The van der Waals surface area contributed by atoms with E-state index in [0.29, 0.717) is 5.41 Å². The van der Waals surface area contributed by atoms with E-state index in [9.17, 15) is 18.0 Å². The number of carbonyl (C=O) groups is 2. The minimum absolute atomic E-state index is 0.0454. The second kappa shape index (κ2) is 8.04. The van der Waals surface area contributed by atoms with Crippen molar-refractivity contribution in [3.05, 3.63) is 58.9 Å². The minimum atomic E-state index is -3.82. The normalized spacial score (nSPS) is 18.2. The van der Waals surface area contributed by atoms with Gasteiger partial charge in [-0.1, -0.05) is 30.9 Å². The van der Waals surface area contributed by atoms with E-state index in [1.165, 1.54) is 40.3 Å². The topological polar surface area (TPSA) is 109 Å². The molecule has 1 saturated carbocycles. The molecule has 1 aliphatic heterocycles. The summed E-state index contributed by atoms with van der Waals surface area (Å²) in [4.78, 5) is 26.2. The zero-order valence-corrected chi connectivity index (χ0v) is 19.7. The van der Waals surface area contributed by atoms with Gasteiger partial charge in [0.05, 0.1) is 6.54 Å². The fourth-order valence-corrected chi connectivity index (χ4v) is 4.82. The Labute approximate surface area is 193 Å². The zero-order chi connectivity index (χ0) is 24.0. The van der Waals surface area contributed by atoms with Crippen LogP contribution in [0.5, 0.6) is 0 Å². The number of carbonyl (C=O) groups excluding carboxylic acids is 2. The molecule has 1 aromatic heterocycles. The Morgan fingerprint density at radius 1 is 1.21 bits per heavy atom. The highest BCUT2D eigenvalue weighted by Crippen LogP contribution is 2.47. The zero-order valence-electron chi connectivity index (χ0n) is 18.9. The average molecular weight is 470 g/mol. The molecule has 9 heteroatoms. The first-order chi connectivity index (χ1) is 15.5. The van der Waals surface area contributed by atoms with Crippen LogP contribution in [0, 0.1) is 11.8 Å². The number of nitrogens with zero attached hydrogens (tertiary/aromatic N) is 2. The van der Waals surface area contributed by atoms with Crippen molar-refractivity contribution in [2.24, 2.45) is 0 Å². The lowest BCUT2D eigenvalue weighted by Crippen LogP contribution is -2.50. The highest BCUT2D eigenvalue weighted by molar-refractivity contribution is 7.92. The van der Waals surface area contributed by atoms with Gasteiger partial charge in [0.25, 0.3) is 5.91 Å². The number of fused-ring (bicyclic) bond motifs is 1. The van der Waals surface area contributed by atoms with Gasteiger partial charge in [-0.05, 0) is 55.4 Å². The van der Waals surface area contributed by atoms with Crippen molar-refractivity contribution in [3.8, 4) is 11.8 Å². The molecule has 0 bridgehead atoms. The lowest BCUT2D eigenvalue weighted by atomic mass is 9.97. The Kier molecular flexibility index (Phi) is 5.63. The average Bonchev–Trinajstić information content (AvgIpc) is 3.29. The molecule has 2 N–H and O–H groups in total. The van der Waals surface area contributed by atoms with Gasteiger partial charge in [-0.25, -0.2) is 18.7 Å². The van der Waals surface area contributed by atoms with E-state index in [2.05, 4.69) is 30.9 Å². The van der Waals surface area contributed by atoms with Crippen LogP contribution in [-0.4, -0.2) is 52.6 Å². The lowest BCUT2D eigenvalue weighted by molar-refractivity contribution is -0.131. The van der Waals surface area contributed by atoms with Gasteiger partial charge in [0, 0.05) is 35.8 Å². The van der Waals surface area contributed by atoms with E-state index in [1.54, 1.807) is 6.20 Å². The van der Waals surface area contributed by atoms with E-state index in [-0.39, 0.29) is 25.5 Å². The van der Waals surface area contributed by atoms with Crippen LogP contribution in [0.15, 0.2) is 36.5 Å². The third-order valence-corrected chi connectivity index (χ3v) is 8.95. The first kappa shape index (κ1) is 23.1. The number of benzene rings is 1. The summed E-state index contributed by atoms with van der Waals surface area (Å²) in [6.45, 7) is 3.83. The number of hydrogen-bond donors (Lipinski definition) is 2. The first-order valence-electron chi connectivity index (χ1n) is 10.7. The summed E-state index contributed by atoms with van der Waals surface area (Å²) in [7, 11) is -3.82. The first-order valence-corrected chi connectivity index (χ1v) is 12.6. The smallest absolute Gasteiger partial charge is 0.318 e. The van der Waals surface area contributed by atoms with Gasteiger partial charge >= 0.3 is 6.03 Å². The highest BCUT2D eigenvalue weighted by atomic mass is 32.2. The number of aromatic nitrogens is 1. The van der Waals surface area contributed by atoms with Crippen molar-refractivity contribution in [2.75, 3.05) is 12.8 Å². The highest BCUT2D eigenvalue weighted by Gasteiger charge is 2.44. The van der Waals surface area contributed by atoms with E-state index < -0.39 is 20.5 Å². The molecule has 1 aromatic carbocycles. The number of hydrogen-bond acceptors (Lipinski definition) is 5. The van der Waals surface area contributed by atoms with Crippen LogP contribution < -0.4 is 5.48 Å². The van der Waals surface area contributed by atoms with Gasteiger partial charge in [0.1, 0.15) is 0 Å². The predicted octanol–water partition coefficient (Wildman–Crippen LogP) is 2.42. The summed E-state index contributed by atoms with van der Waals surface area (Å²) in [6, 6.07) is 9.81. The van der Waals surface area contributed by atoms with Gasteiger partial charge < -0.3 is 4.90 Å². The molecular weight excluding hydrogens is 442 g/mol. The standard InChI is InChI=1S/C24H27N3O5S/c1-23(10-11-23)19-8-6-17(7-9-19)4-5-18-14-20-16-26(22(29)27(20)15-18)13-12-24(2,21(28)25-30)33(3,31)32/h6-9,14-15,30H,10-13,16H2,1-3H3,(H,25,28)/t24-/m1/s1. The summed E-state index contributed by atoms with van der Waals surface area (Å²) in [5.74, 6) is 5.21. The Balaban J connectivity index is 1.42. The maximum atomic E-state index is 12.8. The van der Waals surface area contributed by atoms with Crippen LogP contribution in [-0.2, 0) is 26.6 Å². The second-order valence-corrected chi connectivity index (χ2v) is 11.8. The van der Waals surface area contributed by atoms with Gasteiger partial charge in [0.2, 0.25) is 0 Å². The molecule has 2 aromatic rings. The number of nitrogens with one attached hydrogen (secondary N) is 1. The summed E-state index contributed by atoms with van der Waals surface area (Å²) in [5, 5.41) is 8.94. The SMILES string of the molecule is CC1(c2ccc(C#Cc3cc4n(c3)C(=O)N(CC[C@](C)(C(=O)NO)S(C)(=O)=O)C4)cc2)CC1. The largest absolute Gasteiger partial charge is 0.328 e. The molecular formula is C24H27N3O5S. The van der Waals surface area contributed by atoms with Gasteiger partial charge in [-0.15, -0.1) is 0 Å². The van der Waals surface area contributed by atoms with Crippen molar-refractivity contribution >= 4 is 21.8 Å². The van der Waals surface area contributed by atoms with Crippen molar-refractivity contribution in [2.45, 2.75) is 49.8 Å². The van der Waals surface area contributed by atoms with E-state index in [1.807, 2.05) is 18.2 Å². The molecule has 4 rings (SSSR count). The third kappa shape index (κ3) is 4.28. The lowest BCUT2D eigenvalue weighted by Gasteiger charge is -2.27. The van der Waals surface area contributed by atoms with Gasteiger partial charge in [-0.2, -0.15) is 0 Å². The molecule has 0 unspecified atom stereocenters. The maximum Gasteiger partial charge on any atom is 0.328 e. The quantitative estimate of drug-likeness (QED) is 0.384. The molecule has 33 heavy (non-hydrogen) atoms. The van der Waals surface area contributed by atoms with Crippen LogP contribution in [0.1, 0.15) is 55.5 Å². The molecule has 0 radical (unpaired) electrons. The Hall–Kier alpha value is -3.09. The van der Waals surface area contributed by atoms with Crippen molar-refractivity contribution in [3.63, 3.8) is 0 Å². The molecule has 8 nitrogen and oxygen atoms in total. The van der Waals surface area contributed by atoms with E-state index in [4.69, 9.17) is 5.21 Å². The molecule has 2 aliphatic rings. The molecule has 174 valence electrons. The molecule has 1 fully saturated rings. The predicted molar refractivity (Wildman–Crippen MR) is 122 cm³/mol. The fraction of sp³-hybridized carbons (Fsp3) is 0.417. The molecule has 0 spiro atoms. The summed E-state index contributed by atoms with van der Waals surface area (Å²) in [5.41, 5.74) is 5.45. The van der Waals surface area contributed by atoms with Crippen LogP contribution in [0.4, 0.5) is 4.79 Å². The number of sulfone groups is 1. The number of hydroxylamine groups is 1. The van der Waals surface area contributed by atoms with Gasteiger partial charge in [-0.3, -0.25) is 14.6 Å². The summed E-state index contributed by atoms with van der Waals surface area (Å²) in [6.07, 6.45) is 4.90. The molecule has 2 heterocycles. The summed E-state index contributed by atoms with van der Waals surface area (Å²) >= 11 is 0. The molecule has 0 saturated heterocycles. The van der Waals surface area contributed by atoms with Crippen LogP contribution in [0.2, 0.25) is 0 Å². The van der Waals surface area contributed by atoms with Crippen molar-refractivity contribution in [1.29, 1.82) is 0 Å². The Bertz CT molecular complexity index is 1280.